The number of nitrogens with one attached hydrogen (secondary N) is 1. The van der Waals surface area contributed by atoms with Gasteiger partial charge < -0.3 is 4.90 Å². The fourth-order valence-corrected chi connectivity index (χ4v) is 3.12. The summed E-state index contributed by atoms with van der Waals surface area (Å²) in [6.07, 6.45) is 5.65. The molecule has 1 aliphatic heterocycles. The van der Waals surface area contributed by atoms with Crippen LogP contribution in [-0.2, 0) is 9.59 Å². The summed E-state index contributed by atoms with van der Waals surface area (Å²) < 4.78 is 0. The third-order valence-corrected chi connectivity index (χ3v) is 4.50. The van der Waals surface area contributed by atoms with Crippen molar-refractivity contribution in [2.45, 2.75) is 38.1 Å². The minimum Gasteiger partial charge on any atom is -0.336 e. The van der Waals surface area contributed by atoms with Crippen LogP contribution in [-0.4, -0.2) is 42.2 Å². The Labute approximate surface area is 136 Å². The van der Waals surface area contributed by atoms with Gasteiger partial charge in [0.15, 0.2) is 0 Å². The molecule has 0 bridgehead atoms. The van der Waals surface area contributed by atoms with Gasteiger partial charge in [-0.15, -0.1) is 0 Å². The minimum absolute atomic E-state index is 0.0124. The number of rotatable bonds is 3. The van der Waals surface area contributed by atoms with E-state index in [9.17, 15) is 9.59 Å². The monoisotopic (exact) mass is 314 g/mol. The van der Waals surface area contributed by atoms with Crippen LogP contribution in [0.3, 0.4) is 0 Å². The summed E-state index contributed by atoms with van der Waals surface area (Å²) in [6.45, 7) is -0.0124. The topological polar surface area (TPSA) is 65.0 Å². The molecule has 1 fully saturated rings. The van der Waals surface area contributed by atoms with Crippen molar-refractivity contribution >= 4 is 23.3 Å². The number of hydrogen-bond donors (Lipinski definition) is 1. The van der Waals surface area contributed by atoms with E-state index in [0.29, 0.717) is 5.69 Å². The normalized spacial score (nSPS) is 19.1. The van der Waals surface area contributed by atoms with Crippen molar-refractivity contribution in [2.24, 2.45) is 4.99 Å². The molecule has 3 rings (SSSR count). The van der Waals surface area contributed by atoms with Crippen LogP contribution in [0.15, 0.2) is 35.3 Å². The highest BCUT2D eigenvalue weighted by molar-refractivity contribution is 6.39. The minimum atomic E-state index is -0.173. The Bertz CT molecular complexity index is 608. The van der Waals surface area contributed by atoms with E-state index in [-0.39, 0.29) is 30.2 Å². The first-order valence-corrected chi connectivity index (χ1v) is 8.13. The van der Waals surface area contributed by atoms with E-state index in [1.807, 2.05) is 37.4 Å². The third-order valence-electron chi connectivity index (χ3n) is 4.50. The second kappa shape index (κ2) is 6.81. The van der Waals surface area contributed by atoms with Gasteiger partial charge >= 0.3 is 0 Å². The second-order valence-electron chi connectivity index (χ2n) is 6.05. The van der Waals surface area contributed by atoms with Crippen molar-refractivity contribution in [1.82, 2.24) is 10.3 Å². The lowest BCUT2D eigenvalue weighted by atomic mass is 9.94. The van der Waals surface area contributed by atoms with Crippen molar-refractivity contribution in [3.05, 3.63) is 30.3 Å². The fraction of sp³-hybridized carbons (Fsp3) is 0.471. The maximum Gasteiger partial charge on any atom is 0.290 e. The molecule has 0 aromatic heterocycles. The molecule has 0 spiro atoms. The highest BCUT2D eigenvalue weighted by Crippen LogP contribution is 2.22. The zero-order valence-corrected chi connectivity index (χ0v) is 13.4. The first kappa shape index (κ1) is 15.5. The summed E-state index contributed by atoms with van der Waals surface area (Å²) in [5.74, 6) is -0.0834. The van der Waals surface area contributed by atoms with Crippen LogP contribution in [0, 0.1) is 0 Å². The number of amides is 2. The predicted molar refractivity (Wildman–Crippen MR) is 89.0 cm³/mol. The summed E-state index contributed by atoms with van der Waals surface area (Å²) >= 11 is 0. The van der Waals surface area contributed by atoms with E-state index in [2.05, 4.69) is 10.4 Å². The molecule has 0 radical (unpaired) electrons. The fourth-order valence-electron chi connectivity index (χ4n) is 3.12. The molecule has 1 aromatic rings. The first-order chi connectivity index (χ1) is 11.2. The zero-order chi connectivity index (χ0) is 16.2. The van der Waals surface area contributed by atoms with Gasteiger partial charge in [0, 0.05) is 13.1 Å². The SMILES string of the molecule is CN(C(=O)C1=NCC(=O)N(c2ccccc2)N1)C1CCCCC1. The quantitative estimate of drug-likeness (QED) is 0.924. The number of aliphatic imine (C=N–C) groups is 1. The van der Waals surface area contributed by atoms with Crippen molar-refractivity contribution < 1.29 is 9.59 Å². The summed E-state index contributed by atoms with van der Waals surface area (Å²) in [7, 11) is 1.83. The Kier molecular flexibility index (Phi) is 4.60. The van der Waals surface area contributed by atoms with Crippen molar-refractivity contribution in [2.75, 3.05) is 18.6 Å². The smallest absolute Gasteiger partial charge is 0.290 e. The molecule has 6 nitrogen and oxygen atoms in total. The maximum absolute atomic E-state index is 12.7. The summed E-state index contributed by atoms with van der Waals surface area (Å²) in [5.41, 5.74) is 3.59. The Morgan fingerprint density at radius 1 is 1.22 bits per heavy atom. The molecule has 0 unspecified atom stereocenters. The van der Waals surface area contributed by atoms with Gasteiger partial charge in [-0.1, -0.05) is 37.5 Å². The lowest BCUT2D eigenvalue weighted by Crippen LogP contribution is -2.57. The summed E-state index contributed by atoms with van der Waals surface area (Å²) in [5, 5.41) is 1.40. The van der Waals surface area contributed by atoms with Crippen LogP contribution >= 0.6 is 0 Å². The van der Waals surface area contributed by atoms with Gasteiger partial charge in [0.05, 0.1) is 5.69 Å². The second-order valence-corrected chi connectivity index (χ2v) is 6.05. The molecule has 2 aliphatic rings. The number of hydrazine groups is 1. The van der Waals surface area contributed by atoms with Crippen LogP contribution in [0.4, 0.5) is 5.69 Å². The number of carbonyl (C=O) groups excluding carboxylic acids is 2. The summed E-state index contributed by atoms with van der Waals surface area (Å²) in [4.78, 5) is 30.6. The van der Waals surface area contributed by atoms with E-state index in [1.165, 1.54) is 11.4 Å². The van der Waals surface area contributed by atoms with Crippen molar-refractivity contribution in [3.8, 4) is 0 Å². The van der Waals surface area contributed by atoms with Crippen LogP contribution in [0.25, 0.3) is 0 Å². The molecule has 0 atom stereocenters. The highest BCUT2D eigenvalue weighted by atomic mass is 16.2. The van der Waals surface area contributed by atoms with E-state index >= 15 is 0 Å². The molecule has 23 heavy (non-hydrogen) atoms. The number of likely N-dealkylation sites (N-methyl/N-ethyl adjacent to an activating group) is 1. The molecule has 1 N–H and O–H groups in total. The molecule has 1 heterocycles. The van der Waals surface area contributed by atoms with E-state index < -0.39 is 0 Å². The number of hydrogen-bond acceptors (Lipinski definition) is 4. The predicted octanol–water partition coefficient (Wildman–Crippen LogP) is 1.73. The van der Waals surface area contributed by atoms with Crippen LogP contribution in [0.1, 0.15) is 32.1 Å². The highest BCUT2D eigenvalue weighted by Gasteiger charge is 2.30. The number of anilines is 1. The molecule has 1 aliphatic carbocycles. The van der Waals surface area contributed by atoms with Gasteiger partial charge in [-0.3, -0.25) is 20.0 Å². The largest absolute Gasteiger partial charge is 0.336 e. The van der Waals surface area contributed by atoms with Gasteiger partial charge in [0.1, 0.15) is 6.54 Å². The van der Waals surface area contributed by atoms with Gasteiger partial charge in [-0.25, -0.2) is 5.01 Å². The molecule has 122 valence electrons. The van der Waals surface area contributed by atoms with Crippen LogP contribution in [0.5, 0.6) is 0 Å². The van der Waals surface area contributed by atoms with Crippen molar-refractivity contribution in [1.29, 1.82) is 0 Å². The average molecular weight is 314 g/mol. The van der Waals surface area contributed by atoms with Crippen LogP contribution in [0.2, 0.25) is 0 Å². The number of amidine groups is 1. The van der Waals surface area contributed by atoms with Gasteiger partial charge in [-0.2, -0.15) is 0 Å². The molecular weight excluding hydrogens is 292 g/mol. The standard InChI is InChI=1S/C17H22N4O2/c1-20(13-8-4-2-5-9-13)17(23)16-18-12-15(22)21(19-16)14-10-6-3-7-11-14/h3,6-7,10-11,13H,2,4-5,8-9,12H2,1H3,(H,18,19). The van der Waals surface area contributed by atoms with E-state index in [4.69, 9.17) is 0 Å². The number of para-hydroxylation sites is 1. The van der Waals surface area contributed by atoms with Gasteiger partial charge in [-0.05, 0) is 25.0 Å². The maximum atomic E-state index is 12.7. The Balaban J connectivity index is 1.72. The van der Waals surface area contributed by atoms with Gasteiger partial charge in [0.25, 0.3) is 11.8 Å². The number of benzene rings is 1. The van der Waals surface area contributed by atoms with Crippen LogP contribution < -0.4 is 10.4 Å². The number of carbonyl (C=O) groups is 2. The Hall–Kier alpha value is -2.37. The van der Waals surface area contributed by atoms with E-state index in [1.54, 1.807) is 4.90 Å². The van der Waals surface area contributed by atoms with E-state index in [0.717, 1.165) is 25.7 Å². The lowest BCUT2D eigenvalue weighted by molar-refractivity contribution is -0.125. The zero-order valence-electron chi connectivity index (χ0n) is 13.4. The van der Waals surface area contributed by atoms with Gasteiger partial charge in [0.2, 0.25) is 5.84 Å². The molecular formula is C17H22N4O2. The Morgan fingerprint density at radius 3 is 2.61 bits per heavy atom. The molecule has 2 amide bonds. The first-order valence-electron chi connectivity index (χ1n) is 8.13. The Morgan fingerprint density at radius 2 is 1.91 bits per heavy atom. The number of nitrogens with zero attached hydrogens (tertiary/aromatic N) is 3. The molecule has 1 aromatic carbocycles. The molecule has 0 saturated heterocycles. The molecule has 1 saturated carbocycles. The summed E-state index contributed by atoms with van der Waals surface area (Å²) in [6, 6.07) is 9.50. The molecule has 6 heteroatoms. The van der Waals surface area contributed by atoms with Crippen molar-refractivity contribution in [3.63, 3.8) is 0 Å². The average Bonchev–Trinajstić information content (AvgIpc) is 2.62. The third kappa shape index (κ3) is 3.36. The lowest BCUT2D eigenvalue weighted by Gasteiger charge is -2.34.